The fraction of sp³-hybridized carbons (Fsp3) is 0.393. The first-order chi connectivity index (χ1) is 17.1. The predicted molar refractivity (Wildman–Crippen MR) is 143 cm³/mol. The fourth-order valence-electron chi connectivity index (χ4n) is 4.41. The molecule has 2 heterocycles. The van der Waals surface area contributed by atoms with Gasteiger partial charge in [-0.2, -0.15) is 5.10 Å². The molecule has 1 N–H and O–H groups in total. The summed E-state index contributed by atoms with van der Waals surface area (Å²) in [7, 11) is 0. The van der Waals surface area contributed by atoms with Crippen LogP contribution in [0.2, 0.25) is 0 Å². The van der Waals surface area contributed by atoms with Crippen molar-refractivity contribution in [1.82, 2.24) is 15.1 Å². The number of rotatable bonds is 6. The van der Waals surface area contributed by atoms with Crippen molar-refractivity contribution in [3.8, 4) is 5.69 Å². The number of halogens is 1. The van der Waals surface area contributed by atoms with Gasteiger partial charge >= 0.3 is 0 Å². The maximum absolute atomic E-state index is 14.3. The van der Waals surface area contributed by atoms with Crippen molar-refractivity contribution < 1.29 is 14.0 Å². The van der Waals surface area contributed by atoms with Crippen LogP contribution in [0.4, 0.5) is 10.2 Å². The van der Waals surface area contributed by atoms with E-state index in [1.807, 2.05) is 44.2 Å². The van der Waals surface area contributed by atoms with Gasteiger partial charge in [-0.25, -0.2) is 9.07 Å². The normalized spacial score (nSPS) is 16.0. The Morgan fingerprint density at radius 2 is 1.94 bits per heavy atom. The molecule has 0 saturated carbocycles. The fourth-order valence-corrected chi connectivity index (χ4v) is 5.60. The average molecular weight is 509 g/mol. The lowest BCUT2D eigenvalue weighted by atomic mass is 9.87. The van der Waals surface area contributed by atoms with Gasteiger partial charge in [0.25, 0.3) is 0 Å². The quantitative estimate of drug-likeness (QED) is 0.490. The Morgan fingerprint density at radius 1 is 1.19 bits per heavy atom. The summed E-state index contributed by atoms with van der Waals surface area (Å²) in [5.41, 5.74) is 3.91. The van der Waals surface area contributed by atoms with Crippen LogP contribution in [0.1, 0.15) is 61.7 Å². The third-order valence-electron chi connectivity index (χ3n) is 6.07. The van der Waals surface area contributed by atoms with Gasteiger partial charge in [0, 0.05) is 17.5 Å². The van der Waals surface area contributed by atoms with E-state index >= 15 is 0 Å². The molecule has 0 radical (unpaired) electrons. The first kappa shape index (κ1) is 25.9. The lowest BCUT2D eigenvalue weighted by molar-refractivity contribution is -0.122. The van der Waals surface area contributed by atoms with Gasteiger partial charge in [0.15, 0.2) is 0 Å². The SMILES string of the molecule is CCCNC(=O)CN1C(=O)CSC(c2cccc(F)c2)c2c(C(C)(C)C)nn(-c3cccc(C)c3)c21. The molecule has 8 heteroatoms. The Bertz CT molecular complexity index is 1280. The number of carbonyl (C=O) groups is 2. The van der Waals surface area contributed by atoms with Gasteiger partial charge in [-0.1, -0.05) is 52.0 Å². The Morgan fingerprint density at radius 3 is 2.61 bits per heavy atom. The van der Waals surface area contributed by atoms with E-state index in [0.29, 0.717) is 12.4 Å². The lowest BCUT2D eigenvalue weighted by Gasteiger charge is -2.24. The van der Waals surface area contributed by atoms with E-state index < -0.39 is 0 Å². The number of benzene rings is 2. The predicted octanol–water partition coefficient (Wildman–Crippen LogP) is 5.31. The average Bonchev–Trinajstić information content (AvgIpc) is 3.16. The summed E-state index contributed by atoms with van der Waals surface area (Å²) in [5.74, 6) is 0.000440. The summed E-state index contributed by atoms with van der Waals surface area (Å²) in [6.07, 6.45) is 0.803. The lowest BCUT2D eigenvalue weighted by Crippen LogP contribution is -2.42. The van der Waals surface area contributed by atoms with Crippen LogP contribution < -0.4 is 10.2 Å². The minimum absolute atomic E-state index is 0.108. The van der Waals surface area contributed by atoms with Crippen LogP contribution in [0.3, 0.4) is 0 Å². The molecule has 4 rings (SSSR count). The molecule has 0 spiro atoms. The third kappa shape index (κ3) is 5.33. The minimum Gasteiger partial charge on any atom is -0.355 e. The van der Waals surface area contributed by atoms with Crippen LogP contribution in [0, 0.1) is 12.7 Å². The van der Waals surface area contributed by atoms with Crippen molar-refractivity contribution in [3.05, 3.63) is 76.7 Å². The van der Waals surface area contributed by atoms with E-state index in [-0.39, 0.29) is 40.6 Å². The van der Waals surface area contributed by atoms with E-state index in [1.54, 1.807) is 15.6 Å². The van der Waals surface area contributed by atoms with Crippen molar-refractivity contribution in [1.29, 1.82) is 0 Å². The highest BCUT2D eigenvalue weighted by Crippen LogP contribution is 2.48. The first-order valence-corrected chi connectivity index (χ1v) is 13.3. The van der Waals surface area contributed by atoms with Crippen LogP contribution in [0.5, 0.6) is 0 Å². The molecular weight excluding hydrogens is 475 g/mol. The summed E-state index contributed by atoms with van der Waals surface area (Å²) in [4.78, 5) is 28.0. The molecule has 1 aliphatic heterocycles. The van der Waals surface area contributed by atoms with Crippen LogP contribution in [0.25, 0.3) is 5.69 Å². The highest BCUT2D eigenvalue weighted by atomic mass is 32.2. The summed E-state index contributed by atoms with van der Waals surface area (Å²) in [6, 6.07) is 14.4. The molecule has 3 aromatic rings. The summed E-state index contributed by atoms with van der Waals surface area (Å²) in [6.45, 7) is 10.7. The number of carbonyl (C=O) groups excluding carboxylic acids is 2. The van der Waals surface area contributed by atoms with Gasteiger partial charge in [0.2, 0.25) is 11.8 Å². The zero-order chi connectivity index (χ0) is 26.0. The molecule has 1 atom stereocenters. The molecule has 2 amide bonds. The maximum atomic E-state index is 14.3. The van der Waals surface area contributed by atoms with Crippen molar-refractivity contribution in [2.24, 2.45) is 0 Å². The van der Waals surface area contributed by atoms with Gasteiger partial charge in [-0.15, -0.1) is 11.8 Å². The smallest absolute Gasteiger partial charge is 0.240 e. The van der Waals surface area contributed by atoms with Crippen molar-refractivity contribution in [2.45, 2.75) is 51.7 Å². The monoisotopic (exact) mass is 508 g/mol. The highest BCUT2D eigenvalue weighted by molar-refractivity contribution is 8.00. The molecule has 0 saturated heterocycles. The van der Waals surface area contributed by atoms with Crippen LogP contribution in [-0.2, 0) is 15.0 Å². The highest BCUT2D eigenvalue weighted by Gasteiger charge is 2.40. The molecule has 1 unspecified atom stereocenters. The minimum atomic E-state index is -0.366. The number of nitrogens with zero attached hydrogens (tertiary/aromatic N) is 3. The molecule has 1 aromatic heterocycles. The van der Waals surface area contributed by atoms with Gasteiger partial charge < -0.3 is 5.32 Å². The molecule has 190 valence electrons. The zero-order valence-electron chi connectivity index (χ0n) is 21.5. The Balaban J connectivity index is 2.00. The van der Waals surface area contributed by atoms with E-state index in [9.17, 15) is 14.0 Å². The van der Waals surface area contributed by atoms with Gasteiger partial charge in [0.05, 0.1) is 22.4 Å². The maximum Gasteiger partial charge on any atom is 0.240 e. The van der Waals surface area contributed by atoms with Crippen molar-refractivity contribution in [2.75, 3.05) is 23.7 Å². The van der Waals surface area contributed by atoms with E-state index in [4.69, 9.17) is 5.10 Å². The number of anilines is 1. The number of hydrogen-bond donors (Lipinski definition) is 1. The second kappa shape index (κ2) is 10.5. The van der Waals surface area contributed by atoms with Gasteiger partial charge in [0.1, 0.15) is 18.2 Å². The van der Waals surface area contributed by atoms with Crippen molar-refractivity contribution in [3.63, 3.8) is 0 Å². The number of fused-ring (bicyclic) bond motifs is 1. The standard InChI is InChI=1S/C28H33FN4O2S/c1-6-13-30-22(34)16-32-23(35)17-36-25(19-10-8-11-20(29)15-19)24-26(28(3,4)5)31-33(27(24)32)21-12-7-9-18(2)14-21/h7-12,14-15,25H,6,13,16-17H2,1-5H3,(H,30,34). The second-order valence-electron chi connectivity index (χ2n) is 10.2. The van der Waals surface area contributed by atoms with Crippen LogP contribution >= 0.6 is 11.8 Å². The van der Waals surface area contributed by atoms with Gasteiger partial charge in [-0.3, -0.25) is 14.5 Å². The number of thioether (sulfide) groups is 1. The van der Waals surface area contributed by atoms with Gasteiger partial charge in [-0.05, 0) is 48.7 Å². The van der Waals surface area contributed by atoms with E-state index in [2.05, 4.69) is 26.1 Å². The van der Waals surface area contributed by atoms with Crippen LogP contribution in [-0.4, -0.2) is 40.4 Å². The first-order valence-electron chi connectivity index (χ1n) is 12.2. The van der Waals surface area contributed by atoms with E-state index in [1.165, 1.54) is 23.9 Å². The molecule has 6 nitrogen and oxygen atoms in total. The Hall–Kier alpha value is -3.13. The topological polar surface area (TPSA) is 67.2 Å². The number of hydrogen-bond acceptors (Lipinski definition) is 4. The third-order valence-corrected chi connectivity index (χ3v) is 7.33. The zero-order valence-corrected chi connectivity index (χ0v) is 22.3. The second-order valence-corrected chi connectivity index (χ2v) is 11.3. The van der Waals surface area contributed by atoms with Crippen LogP contribution in [0.15, 0.2) is 48.5 Å². The number of amides is 2. The largest absolute Gasteiger partial charge is 0.355 e. The summed E-state index contributed by atoms with van der Waals surface area (Å²) < 4.78 is 16.1. The Labute approximate surface area is 216 Å². The van der Waals surface area contributed by atoms with Crippen molar-refractivity contribution >= 4 is 29.4 Å². The number of nitrogens with one attached hydrogen (secondary N) is 1. The summed E-state index contributed by atoms with van der Waals surface area (Å²) in [5, 5.41) is 7.62. The Kier molecular flexibility index (Phi) is 7.54. The van der Waals surface area contributed by atoms with E-state index in [0.717, 1.165) is 34.5 Å². The summed E-state index contributed by atoms with van der Waals surface area (Å²) >= 11 is 1.44. The molecule has 2 aromatic carbocycles. The molecular formula is C28H33FN4O2S. The molecule has 36 heavy (non-hydrogen) atoms. The molecule has 0 fully saturated rings. The molecule has 0 bridgehead atoms. The molecule has 1 aliphatic rings. The molecule has 0 aliphatic carbocycles. The number of aryl methyl sites for hydroxylation is 1. The number of aromatic nitrogens is 2.